The Hall–Kier alpha value is -2.17. The monoisotopic (exact) mass is 216 g/mol. The van der Waals surface area contributed by atoms with Crippen molar-refractivity contribution in [3.05, 3.63) is 36.9 Å². The fourth-order valence-electron chi connectivity index (χ4n) is 1.31. The first-order valence-corrected chi connectivity index (χ1v) is 4.86. The van der Waals surface area contributed by atoms with Crippen LogP contribution in [0.1, 0.15) is 0 Å². The summed E-state index contributed by atoms with van der Waals surface area (Å²) in [6.45, 7) is 4.17. The summed E-state index contributed by atoms with van der Waals surface area (Å²) in [7, 11) is 1.63. The molecule has 0 saturated heterocycles. The Labute approximate surface area is 93.4 Å². The lowest BCUT2D eigenvalue weighted by molar-refractivity contribution is 0.415. The van der Waals surface area contributed by atoms with Crippen LogP contribution in [0.25, 0.3) is 11.4 Å². The lowest BCUT2D eigenvalue weighted by atomic mass is 10.2. The highest BCUT2D eigenvalue weighted by Crippen LogP contribution is 2.19. The predicted octanol–water partition coefficient (Wildman–Crippen LogP) is 1.53. The van der Waals surface area contributed by atoms with Crippen molar-refractivity contribution < 1.29 is 4.74 Å². The van der Waals surface area contributed by atoms with Crippen LogP contribution in [-0.4, -0.2) is 27.3 Å². The molecule has 0 aliphatic heterocycles. The summed E-state index contributed by atoms with van der Waals surface area (Å²) in [6, 6.07) is 7.55. The number of tetrazole rings is 1. The third-order valence-corrected chi connectivity index (χ3v) is 2.07. The fraction of sp³-hybridized carbons (Fsp3) is 0.182. The Morgan fingerprint density at radius 2 is 2.38 bits per heavy atom. The molecule has 16 heavy (non-hydrogen) atoms. The maximum absolute atomic E-state index is 5.13. The molecule has 1 heterocycles. The molecule has 0 aliphatic rings. The van der Waals surface area contributed by atoms with Gasteiger partial charge in [0.2, 0.25) is 5.82 Å². The lowest BCUT2D eigenvalue weighted by Gasteiger charge is -1.99. The van der Waals surface area contributed by atoms with Gasteiger partial charge in [0.1, 0.15) is 5.75 Å². The predicted molar refractivity (Wildman–Crippen MR) is 60.0 cm³/mol. The molecule has 0 saturated carbocycles. The maximum Gasteiger partial charge on any atom is 0.205 e. The van der Waals surface area contributed by atoms with E-state index in [4.69, 9.17) is 4.74 Å². The van der Waals surface area contributed by atoms with Crippen LogP contribution >= 0.6 is 0 Å². The number of hydrogen-bond donors (Lipinski definition) is 0. The molecule has 5 nitrogen and oxygen atoms in total. The minimum absolute atomic E-state index is 0.553. The van der Waals surface area contributed by atoms with Crippen LogP contribution in [0, 0.1) is 0 Å². The van der Waals surface area contributed by atoms with Gasteiger partial charge in [-0.05, 0) is 17.3 Å². The molecule has 0 atom stereocenters. The molecule has 0 fully saturated rings. The van der Waals surface area contributed by atoms with Crippen LogP contribution in [0.2, 0.25) is 0 Å². The van der Waals surface area contributed by atoms with Crippen molar-refractivity contribution in [3.63, 3.8) is 0 Å². The van der Waals surface area contributed by atoms with E-state index in [0.29, 0.717) is 12.4 Å². The average molecular weight is 216 g/mol. The highest BCUT2D eigenvalue weighted by molar-refractivity contribution is 5.56. The van der Waals surface area contributed by atoms with Gasteiger partial charge in [-0.25, -0.2) is 0 Å². The van der Waals surface area contributed by atoms with Gasteiger partial charge in [-0.15, -0.1) is 16.8 Å². The minimum Gasteiger partial charge on any atom is -0.497 e. The topological polar surface area (TPSA) is 52.8 Å². The van der Waals surface area contributed by atoms with E-state index in [1.165, 1.54) is 4.80 Å². The Morgan fingerprint density at radius 1 is 1.50 bits per heavy atom. The summed E-state index contributed by atoms with van der Waals surface area (Å²) in [5, 5.41) is 12.1. The van der Waals surface area contributed by atoms with Crippen LogP contribution in [0.3, 0.4) is 0 Å². The number of benzene rings is 1. The highest BCUT2D eigenvalue weighted by Gasteiger charge is 2.05. The van der Waals surface area contributed by atoms with E-state index in [2.05, 4.69) is 22.0 Å². The van der Waals surface area contributed by atoms with E-state index in [-0.39, 0.29) is 0 Å². The second kappa shape index (κ2) is 4.57. The van der Waals surface area contributed by atoms with Crippen molar-refractivity contribution in [3.8, 4) is 17.1 Å². The van der Waals surface area contributed by atoms with Gasteiger partial charge in [-0.1, -0.05) is 18.2 Å². The summed E-state index contributed by atoms with van der Waals surface area (Å²) < 4.78 is 5.13. The molecular formula is C11H12N4O. The van der Waals surface area contributed by atoms with Crippen molar-refractivity contribution in [1.29, 1.82) is 0 Å². The summed E-state index contributed by atoms with van der Waals surface area (Å²) in [5.41, 5.74) is 0.884. The number of aromatic nitrogens is 4. The Morgan fingerprint density at radius 3 is 3.12 bits per heavy atom. The van der Waals surface area contributed by atoms with E-state index in [9.17, 15) is 0 Å². The number of hydrogen-bond acceptors (Lipinski definition) is 4. The zero-order valence-electron chi connectivity index (χ0n) is 9.00. The second-order valence-electron chi connectivity index (χ2n) is 3.19. The Balaban J connectivity index is 2.30. The van der Waals surface area contributed by atoms with Crippen molar-refractivity contribution in [1.82, 2.24) is 20.2 Å². The molecule has 0 amide bonds. The van der Waals surface area contributed by atoms with Crippen LogP contribution in [-0.2, 0) is 6.54 Å². The van der Waals surface area contributed by atoms with E-state index >= 15 is 0 Å². The smallest absolute Gasteiger partial charge is 0.205 e. The normalized spacial score (nSPS) is 10.1. The quantitative estimate of drug-likeness (QED) is 0.727. The maximum atomic E-state index is 5.13. The minimum atomic E-state index is 0.553. The summed E-state index contributed by atoms with van der Waals surface area (Å²) in [4.78, 5) is 1.49. The molecule has 0 spiro atoms. The van der Waals surface area contributed by atoms with E-state index in [1.807, 2.05) is 24.3 Å². The van der Waals surface area contributed by atoms with Gasteiger partial charge in [0, 0.05) is 5.56 Å². The average Bonchev–Trinajstić information content (AvgIpc) is 2.78. The Bertz CT molecular complexity index is 492. The second-order valence-corrected chi connectivity index (χ2v) is 3.19. The lowest BCUT2D eigenvalue weighted by Crippen LogP contribution is -1.99. The van der Waals surface area contributed by atoms with Gasteiger partial charge in [0.05, 0.1) is 13.7 Å². The summed E-state index contributed by atoms with van der Waals surface area (Å²) in [6.07, 6.45) is 1.72. The van der Waals surface area contributed by atoms with Crippen LogP contribution < -0.4 is 4.74 Å². The zero-order valence-corrected chi connectivity index (χ0v) is 9.00. The molecule has 82 valence electrons. The molecule has 0 unspecified atom stereocenters. The summed E-state index contributed by atoms with van der Waals surface area (Å²) in [5.74, 6) is 1.36. The molecule has 0 bridgehead atoms. The number of nitrogens with zero attached hydrogens (tertiary/aromatic N) is 4. The number of rotatable bonds is 4. The zero-order chi connectivity index (χ0) is 11.4. The van der Waals surface area contributed by atoms with Crippen LogP contribution in [0.4, 0.5) is 0 Å². The molecule has 0 N–H and O–H groups in total. The first-order chi connectivity index (χ1) is 7.83. The van der Waals surface area contributed by atoms with E-state index in [1.54, 1.807) is 13.2 Å². The fourth-order valence-corrected chi connectivity index (χ4v) is 1.31. The van der Waals surface area contributed by atoms with Crippen molar-refractivity contribution in [2.24, 2.45) is 0 Å². The Kier molecular flexibility index (Phi) is 2.95. The first kappa shape index (κ1) is 10.4. The van der Waals surface area contributed by atoms with Crippen LogP contribution in [0.15, 0.2) is 36.9 Å². The van der Waals surface area contributed by atoms with E-state index in [0.717, 1.165) is 11.3 Å². The third-order valence-electron chi connectivity index (χ3n) is 2.07. The van der Waals surface area contributed by atoms with E-state index < -0.39 is 0 Å². The SMILES string of the molecule is C=CCn1nnc(-c2cccc(OC)c2)n1. The molecule has 2 aromatic rings. The third kappa shape index (κ3) is 2.08. The van der Waals surface area contributed by atoms with Crippen molar-refractivity contribution >= 4 is 0 Å². The van der Waals surface area contributed by atoms with Gasteiger partial charge in [-0.2, -0.15) is 4.80 Å². The van der Waals surface area contributed by atoms with Crippen molar-refractivity contribution in [2.75, 3.05) is 7.11 Å². The molecule has 0 radical (unpaired) electrons. The molecule has 1 aromatic carbocycles. The van der Waals surface area contributed by atoms with Crippen molar-refractivity contribution in [2.45, 2.75) is 6.54 Å². The highest BCUT2D eigenvalue weighted by atomic mass is 16.5. The van der Waals surface area contributed by atoms with Gasteiger partial charge in [0.15, 0.2) is 0 Å². The summed E-state index contributed by atoms with van der Waals surface area (Å²) >= 11 is 0. The number of methoxy groups -OCH3 is 1. The van der Waals surface area contributed by atoms with Gasteiger partial charge in [-0.3, -0.25) is 0 Å². The molecule has 0 aliphatic carbocycles. The van der Waals surface area contributed by atoms with Gasteiger partial charge < -0.3 is 4.74 Å². The molecule has 2 rings (SSSR count). The molecular weight excluding hydrogens is 204 g/mol. The molecule has 1 aromatic heterocycles. The number of ether oxygens (including phenoxy) is 1. The standard InChI is InChI=1S/C11H12N4O/c1-3-7-15-13-11(12-14-15)9-5-4-6-10(8-9)16-2/h3-6,8H,1,7H2,2H3. The van der Waals surface area contributed by atoms with Gasteiger partial charge in [0.25, 0.3) is 0 Å². The molecule has 5 heteroatoms. The first-order valence-electron chi connectivity index (χ1n) is 4.86. The largest absolute Gasteiger partial charge is 0.497 e. The van der Waals surface area contributed by atoms with Crippen LogP contribution in [0.5, 0.6) is 5.75 Å². The van der Waals surface area contributed by atoms with Gasteiger partial charge >= 0.3 is 0 Å². The number of allylic oxidation sites excluding steroid dienone is 1.